The van der Waals surface area contributed by atoms with Crippen LogP contribution >= 0.6 is 0 Å². The Kier molecular flexibility index (Phi) is 5.04. The van der Waals surface area contributed by atoms with Crippen LogP contribution in [-0.2, 0) is 12.8 Å². The fourth-order valence-corrected chi connectivity index (χ4v) is 2.03. The highest BCUT2D eigenvalue weighted by atomic mass is 15.0. The Morgan fingerprint density at radius 3 is 2.65 bits per heavy atom. The van der Waals surface area contributed by atoms with E-state index in [1.165, 1.54) is 0 Å². The summed E-state index contributed by atoms with van der Waals surface area (Å²) in [6.07, 6.45) is 4.50. The van der Waals surface area contributed by atoms with Crippen molar-refractivity contribution in [1.29, 1.82) is 0 Å². The van der Waals surface area contributed by atoms with Crippen LogP contribution in [0.15, 0.2) is 24.4 Å². The smallest absolute Gasteiger partial charge is 0.132 e. The van der Waals surface area contributed by atoms with Crippen molar-refractivity contribution in [2.45, 2.75) is 40.0 Å². The van der Waals surface area contributed by atoms with Crippen LogP contribution in [0.1, 0.15) is 43.0 Å². The number of hydrogen-bond donors (Lipinski definition) is 1. The third-order valence-corrected chi connectivity index (χ3v) is 3.23. The van der Waals surface area contributed by atoms with Crippen LogP contribution in [-0.4, -0.2) is 21.5 Å². The van der Waals surface area contributed by atoms with Gasteiger partial charge in [-0.3, -0.25) is 4.98 Å². The van der Waals surface area contributed by atoms with Crippen LogP contribution in [0.3, 0.4) is 0 Å². The van der Waals surface area contributed by atoms with Crippen molar-refractivity contribution in [3.05, 3.63) is 47.2 Å². The van der Waals surface area contributed by atoms with E-state index in [1.54, 1.807) is 0 Å². The molecule has 0 bridgehead atoms. The molecule has 0 spiro atoms. The minimum atomic E-state index is 0.753. The first kappa shape index (κ1) is 14.4. The van der Waals surface area contributed by atoms with Crippen molar-refractivity contribution < 1.29 is 0 Å². The molecule has 4 nitrogen and oxygen atoms in total. The summed E-state index contributed by atoms with van der Waals surface area (Å²) in [5.74, 6) is 1.85. The summed E-state index contributed by atoms with van der Waals surface area (Å²) in [5.41, 5.74) is 3.23. The Morgan fingerprint density at radius 2 is 2.00 bits per heavy atom. The number of nitrogens with one attached hydrogen (secondary N) is 1. The molecule has 0 saturated heterocycles. The Bertz CT molecular complexity index is 552. The molecule has 0 aliphatic rings. The second-order valence-electron chi connectivity index (χ2n) is 4.84. The van der Waals surface area contributed by atoms with E-state index >= 15 is 0 Å². The molecule has 0 aliphatic carbocycles. The maximum Gasteiger partial charge on any atom is 0.132 e. The predicted molar refractivity (Wildman–Crippen MR) is 82.0 cm³/mol. The summed E-state index contributed by atoms with van der Waals surface area (Å²) >= 11 is 0. The summed E-state index contributed by atoms with van der Waals surface area (Å²) < 4.78 is 0. The van der Waals surface area contributed by atoms with Crippen LogP contribution < -0.4 is 5.32 Å². The molecule has 0 saturated carbocycles. The minimum Gasteiger partial charge on any atom is -0.370 e. The molecular formula is C16H22N4. The molecule has 2 rings (SSSR count). The number of rotatable bonds is 6. The molecule has 20 heavy (non-hydrogen) atoms. The topological polar surface area (TPSA) is 50.7 Å². The number of hydrogen-bond acceptors (Lipinski definition) is 4. The molecular weight excluding hydrogens is 248 g/mol. The summed E-state index contributed by atoms with van der Waals surface area (Å²) in [4.78, 5) is 13.6. The molecule has 0 radical (unpaired) electrons. The van der Waals surface area contributed by atoms with E-state index in [1.807, 2.05) is 24.4 Å². The lowest BCUT2D eigenvalue weighted by atomic mass is 10.1. The van der Waals surface area contributed by atoms with E-state index in [-0.39, 0.29) is 0 Å². The van der Waals surface area contributed by atoms with Gasteiger partial charge in [0.25, 0.3) is 0 Å². The number of pyridine rings is 1. The second kappa shape index (κ2) is 6.98. The van der Waals surface area contributed by atoms with Crippen molar-refractivity contribution in [2.24, 2.45) is 0 Å². The highest BCUT2D eigenvalue weighted by Crippen LogP contribution is 2.18. The maximum absolute atomic E-state index is 4.66. The van der Waals surface area contributed by atoms with Gasteiger partial charge in [0.05, 0.1) is 5.69 Å². The molecule has 2 heterocycles. The van der Waals surface area contributed by atoms with E-state index in [9.17, 15) is 0 Å². The van der Waals surface area contributed by atoms with Gasteiger partial charge in [0.2, 0.25) is 0 Å². The average molecular weight is 270 g/mol. The van der Waals surface area contributed by atoms with Gasteiger partial charge in [0.1, 0.15) is 11.6 Å². The van der Waals surface area contributed by atoms with Gasteiger partial charge in [-0.25, -0.2) is 9.97 Å². The molecule has 0 unspecified atom stereocenters. The standard InChI is InChI=1S/C16H22N4/c1-4-9-18-16-12(3)14(19-15(5-2)20-16)11-13-8-6-7-10-17-13/h6-8,10H,4-5,9,11H2,1-3H3,(H,18,19,20). The molecule has 1 N–H and O–H groups in total. The quantitative estimate of drug-likeness (QED) is 0.876. The Balaban J connectivity index is 2.31. The van der Waals surface area contributed by atoms with Gasteiger partial charge >= 0.3 is 0 Å². The van der Waals surface area contributed by atoms with Gasteiger partial charge in [-0.1, -0.05) is 19.9 Å². The molecule has 0 aromatic carbocycles. The molecule has 2 aromatic rings. The van der Waals surface area contributed by atoms with Crippen molar-refractivity contribution >= 4 is 5.82 Å². The molecule has 0 fully saturated rings. The minimum absolute atomic E-state index is 0.753. The number of aromatic nitrogens is 3. The molecule has 0 amide bonds. The van der Waals surface area contributed by atoms with Gasteiger partial charge in [0.15, 0.2) is 0 Å². The van der Waals surface area contributed by atoms with Crippen molar-refractivity contribution in [2.75, 3.05) is 11.9 Å². The summed E-state index contributed by atoms with van der Waals surface area (Å²) in [5, 5.41) is 3.39. The van der Waals surface area contributed by atoms with E-state index in [0.29, 0.717) is 0 Å². The fraction of sp³-hybridized carbons (Fsp3) is 0.438. The van der Waals surface area contributed by atoms with Crippen molar-refractivity contribution in [1.82, 2.24) is 15.0 Å². The third kappa shape index (κ3) is 3.53. The van der Waals surface area contributed by atoms with Gasteiger partial charge < -0.3 is 5.32 Å². The second-order valence-corrected chi connectivity index (χ2v) is 4.84. The lowest BCUT2D eigenvalue weighted by molar-refractivity contribution is 0.865. The normalized spacial score (nSPS) is 10.6. The number of nitrogens with zero attached hydrogens (tertiary/aromatic N) is 3. The molecule has 0 atom stereocenters. The van der Waals surface area contributed by atoms with Gasteiger partial charge in [-0.05, 0) is 25.5 Å². The number of aryl methyl sites for hydroxylation is 1. The lowest BCUT2D eigenvalue weighted by Gasteiger charge is -2.13. The Hall–Kier alpha value is -1.97. The third-order valence-electron chi connectivity index (χ3n) is 3.23. The Labute approximate surface area is 120 Å². The zero-order valence-electron chi connectivity index (χ0n) is 12.5. The molecule has 0 aliphatic heterocycles. The van der Waals surface area contributed by atoms with Crippen molar-refractivity contribution in [3.63, 3.8) is 0 Å². The van der Waals surface area contributed by atoms with E-state index in [4.69, 9.17) is 0 Å². The zero-order chi connectivity index (χ0) is 14.4. The highest BCUT2D eigenvalue weighted by molar-refractivity contribution is 5.46. The summed E-state index contributed by atoms with van der Waals surface area (Å²) in [6.45, 7) is 7.25. The van der Waals surface area contributed by atoms with Crippen molar-refractivity contribution in [3.8, 4) is 0 Å². The van der Waals surface area contributed by atoms with Gasteiger partial charge in [0, 0.05) is 36.8 Å². The average Bonchev–Trinajstić information content (AvgIpc) is 2.49. The molecule has 2 aromatic heterocycles. The predicted octanol–water partition coefficient (Wildman–Crippen LogP) is 3.16. The summed E-state index contributed by atoms with van der Waals surface area (Å²) in [7, 11) is 0. The van der Waals surface area contributed by atoms with Crippen LogP contribution in [0, 0.1) is 6.92 Å². The lowest BCUT2D eigenvalue weighted by Crippen LogP contribution is -2.11. The Morgan fingerprint density at radius 1 is 1.15 bits per heavy atom. The van der Waals surface area contributed by atoms with E-state index in [0.717, 1.165) is 54.4 Å². The summed E-state index contributed by atoms with van der Waals surface area (Å²) in [6, 6.07) is 5.98. The van der Waals surface area contributed by atoms with E-state index in [2.05, 4.69) is 41.0 Å². The van der Waals surface area contributed by atoms with Crippen LogP contribution in [0.25, 0.3) is 0 Å². The first-order chi connectivity index (χ1) is 9.74. The molecule has 4 heteroatoms. The van der Waals surface area contributed by atoms with Crippen LogP contribution in [0.4, 0.5) is 5.82 Å². The monoisotopic (exact) mass is 270 g/mol. The highest BCUT2D eigenvalue weighted by Gasteiger charge is 2.10. The van der Waals surface area contributed by atoms with Gasteiger partial charge in [-0.15, -0.1) is 0 Å². The van der Waals surface area contributed by atoms with E-state index < -0.39 is 0 Å². The fourth-order valence-electron chi connectivity index (χ4n) is 2.03. The molecule has 106 valence electrons. The first-order valence-corrected chi connectivity index (χ1v) is 7.24. The van der Waals surface area contributed by atoms with Crippen LogP contribution in [0.5, 0.6) is 0 Å². The van der Waals surface area contributed by atoms with Gasteiger partial charge in [-0.2, -0.15) is 0 Å². The SMILES string of the molecule is CCCNc1nc(CC)nc(Cc2ccccn2)c1C. The zero-order valence-corrected chi connectivity index (χ0v) is 12.5. The first-order valence-electron chi connectivity index (χ1n) is 7.24. The van der Waals surface area contributed by atoms with Crippen LogP contribution in [0.2, 0.25) is 0 Å². The largest absolute Gasteiger partial charge is 0.370 e. The number of anilines is 1. The maximum atomic E-state index is 4.66.